The summed E-state index contributed by atoms with van der Waals surface area (Å²) in [4.78, 5) is 44.7. The number of likely N-dealkylation sites (tertiary alicyclic amines) is 1. The van der Waals surface area contributed by atoms with Crippen LogP contribution >= 0.6 is 0 Å². The summed E-state index contributed by atoms with van der Waals surface area (Å²) in [6.45, 7) is 0.914. The molecule has 138 valence electrons. The Morgan fingerprint density at radius 1 is 1.07 bits per heavy atom. The van der Waals surface area contributed by atoms with Crippen molar-refractivity contribution in [2.45, 2.75) is 25.3 Å². The molecule has 0 spiro atoms. The fourth-order valence-electron chi connectivity index (χ4n) is 3.73. The molecular weight excluding hydrogens is 344 g/mol. The van der Waals surface area contributed by atoms with Gasteiger partial charge in [0.15, 0.2) is 0 Å². The van der Waals surface area contributed by atoms with Crippen LogP contribution in [0, 0.1) is 0 Å². The van der Waals surface area contributed by atoms with Crippen LogP contribution in [0.2, 0.25) is 0 Å². The zero-order chi connectivity index (χ0) is 18.8. The first-order valence-corrected chi connectivity index (χ1v) is 9.07. The second-order valence-electron chi connectivity index (χ2n) is 6.68. The molecule has 2 aromatic rings. The van der Waals surface area contributed by atoms with E-state index < -0.39 is 6.03 Å². The van der Waals surface area contributed by atoms with Crippen molar-refractivity contribution >= 4 is 23.5 Å². The molecule has 0 aliphatic carbocycles. The van der Waals surface area contributed by atoms with Crippen LogP contribution in [-0.2, 0) is 4.79 Å². The fraction of sp³-hybridized carbons (Fsp3) is 0.300. The molecule has 2 fully saturated rings. The van der Waals surface area contributed by atoms with Crippen molar-refractivity contribution in [2.24, 2.45) is 0 Å². The lowest BCUT2D eigenvalue weighted by Crippen LogP contribution is -2.50. The van der Waals surface area contributed by atoms with Gasteiger partial charge in [0.2, 0.25) is 5.91 Å². The van der Waals surface area contributed by atoms with E-state index in [2.05, 4.69) is 10.3 Å². The molecule has 2 saturated heterocycles. The van der Waals surface area contributed by atoms with E-state index in [1.54, 1.807) is 30.5 Å². The normalized spacial score (nSPS) is 19.9. The fourth-order valence-corrected chi connectivity index (χ4v) is 3.73. The molecule has 2 aliphatic rings. The number of imide groups is 1. The Balaban J connectivity index is 1.65. The summed E-state index contributed by atoms with van der Waals surface area (Å²) in [6, 6.07) is 12.2. The van der Waals surface area contributed by atoms with Gasteiger partial charge in [-0.1, -0.05) is 18.2 Å². The van der Waals surface area contributed by atoms with E-state index in [-0.39, 0.29) is 30.8 Å². The maximum absolute atomic E-state index is 13.3. The summed E-state index contributed by atoms with van der Waals surface area (Å²) < 4.78 is 0. The van der Waals surface area contributed by atoms with Gasteiger partial charge in [-0.05, 0) is 37.1 Å². The second kappa shape index (κ2) is 7.19. The van der Waals surface area contributed by atoms with Gasteiger partial charge in [-0.25, -0.2) is 4.79 Å². The van der Waals surface area contributed by atoms with Crippen molar-refractivity contribution < 1.29 is 14.4 Å². The maximum atomic E-state index is 13.3. The molecule has 0 saturated carbocycles. The minimum atomic E-state index is -0.491. The van der Waals surface area contributed by atoms with Gasteiger partial charge >= 0.3 is 6.03 Å². The standard InChI is InChI=1S/C20H20N4O3/c25-18-10-13-24(20(27)22-18)16-8-2-1-6-14(16)19(26)23-12-5-9-17(23)15-7-3-4-11-21-15/h1-4,6-8,11,17H,5,9-10,12-13H2,(H,22,25,27). The Morgan fingerprint density at radius 2 is 1.89 bits per heavy atom. The van der Waals surface area contributed by atoms with Gasteiger partial charge in [-0.2, -0.15) is 0 Å². The average molecular weight is 364 g/mol. The first-order chi connectivity index (χ1) is 13.1. The minimum absolute atomic E-state index is 0.0662. The van der Waals surface area contributed by atoms with Gasteiger partial charge in [0.1, 0.15) is 0 Å². The highest BCUT2D eigenvalue weighted by Gasteiger charge is 2.34. The molecule has 4 amide bonds. The summed E-state index contributed by atoms with van der Waals surface area (Å²) in [6.07, 6.45) is 3.73. The zero-order valence-corrected chi connectivity index (χ0v) is 14.8. The highest BCUT2D eigenvalue weighted by Crippen LogP contribution is 2.34. The predicted molar refractivity (Wildman–Crippen MR) is 99.2 cm³/mol. The van der Waals surface area contributed by atoms with Crippen LogP contribution in [0.1, 0.15) is 41.4 Å². The van der Waals surface area contributed by atoms with Crippen molar-refractivity contribution in [3.8, 4) is 0 Å². The molecule has 4 rings (SSSR count). The predicted octanol–water partition coefficient (Wildman–Crippen LogP) is 2.51. The summed E-state index contributed by atoms with van der Waals surface area (Å²) in [5, 5.41) is 2.31. The lowest BCUT2D eigenvalue weighted by Gasteiger charge is -2.30. The Bertz CT molecular complexity index is 884. The van der Waals surface area contributed by atoms with Crippen LogP contribution in [-0.4, -0.2) is 40.8 Å². The van der Waals surface area contributed by atoms with E-state index >= 15 is 0 Å². The van der Waals surface area contributed by atoms with Gasteiger partial charge in [0.25, 0.3) is 5.91 Å². The van der Waals surface area contributed by atoms with Gasteiger partial charge in [-0.15, -0.1) is 0 Å². The van der Waals surface area contributed by atoms with E-state index in [9.17, 15) is 14.4 Å². The second-order valence-corrected chi connectivity index (χ2v) is 6.68. The summed E-state index contributed by atoms with van der Waals surface area (Å²) in [5.41, 5.74) is 1.87. The van der Waals surface area contributed by atoms with E-state index in [0.29, 0.717) is 17.8 Å². The molecule has 1 atom stereocenters. The minimum Gasteiger partial charge on any atom is -0.330 e. The monoisotopic (exact) mass is 364 g/mol. The molecular formula is C20H20N4O3. The molecule has 1 unspecified atom stereocenters. The molecule has 1 aromatic carbocycles. The molecule has 1 aromatic heterocycles. The van der Waals surface area contributed by atoms with Gasteiger partial charge < -0.3 is 4.90 Å². The first-order valence-electron chi connectivity index (χ1n) is 9.07. The van der Waals surface area contributed by atoms with E-state index in [1.807, 2.05) is 23.1 Å². The molecule has 0 radical (unpaired) electrons. The third kappa shape index (κ3) is 3.28. The number of aromatic nitrogens is 1. The lowest BCUT2D eigenvalue weighted by atomic mass is 10.1. The number of urea groups is 1. The van der Waals surface area contributed by atoms with Crippen LogP contribution in [0.3, 0.4) is 0 Å². The molecule has 3 heterocycles. The molecule has 27 heavy (non-hydrogen) atoms. The van der Waals surface area contributed by atoms with E-state index in [4.69, 9.17) is 0 Å². The average Bonchev–Trinajstić information content (AvgIpc) is 3.18. The van der Waals surface area contributed by atoms with Crippen LogP contribution in [0.15, 0.2) is 48.7 Å². The molecule has 0 bridgehead atoms. The number of carbonyl (C=O) groups excluding carboxylic acids is 3. The number of benzene rings is 1. The summed E-state index contributed by atoms with van der Waals surface area (Å²) in [7, 11) is 0. The van der Waals surface area contributed by atoms with Gasteiger partial charge in [-0.3, -0.25) is 24.8 Å². The van der Waals surface area contributed by atoms with Gasteiger partial charge in [0.05, 0.1) is 23.0 Å². The van der Waals surface area contributed by atoms with Crippen molar-refractivity contribution in [3.05, 3.63) is 59.9 Å². The summed E-state index contributed by atoms with van der Waals surface area (Å²) >= 11 is 0. The number of nitrogens with zero attached hydrogens (tertiary/aromatic N) is 3. The third-order valence-corrected chi connectivity index (χ3v) is 5.02. The largest absolute Gasteiger partial charge is 0.330 e. The Labute approximate surface area is 157 Å². The first kappa shape index (κ1) is 17.2. The highest BCUT2D eigenvalue weighted by atomic mass is 16.2. The SMILES string of the molecule is O=C1CCN(c2ccccc2C(=O)N2CCCC2c2ccccn2)C(=O)N1. The van der Waals surface area contributed by atoms with Crippen molar-refractivity contribution in [2.75, 3.05) is 18.0 Å². The van der Waals surface area contributed by atoms with E-state index in [0.717, 1.165) is 18.5 Å². The van der Waals surface area contributed by atoms with Crippen LogP contribution < -0.4 is 10.2 Å². The molecule has 1 N–H and O–H groups in total. The van der Waals surface area contributed by atoms with Crippen LogP contribution in [0.5, 0.6) is 0 Å². The number of pyridine rings is 1. The number of amides is 4. The molecule has 7 nitrogen and oxygen atoms in total. The van der Waals surface area contributed by atoms with Crippen molar-refractivity contribution in [1.29, 1.82) is 0 Å². The maximum Gasteiger partial charge on any atom is 0.328 e. The zero-order valence-electron chi connectivity index (χ0n) is 14.8. The lowest BCUT2D eigenvalue weighted by molar-refractivity contribution is -0.120. The van der Waals surface area contributed by atoms with Gasteiger partial charge in [0, 0.05) is 25.7 Å². The molecule has 7 heteroatoms. The Hall–Kier alpha value is -3.22. The summed E-state index contributed by atoms with van der Waals surface area (Å²) in [5.74, 6) is -0.418. The number of rotatable bonds is 3. The number of para-hydroxylation sites is 1. The number of hydrogen-bond acceptors (Lipinski definition) is 4. The van der Waals surface area contributed by atoms with Crippen LogP contribution in [0.25, 0.3) is 0 Å². The Morgan fingerprint density at radius 3 is 2.67 bits per heavy atom. The number of hydrogen-bond donors (Lipinski definition) is 1. The van der Waals surface area contributed by atoms with E-state index in [1.165, 1.54) is 4.90 Å². The number of carbonyl (C=O) groups is 3. The van der Waals surface area contributed by atoms with Crippen LogP contribution in [0.4, 0.5) is 10.5 Å². The third-order valence-electron chi connectivity index (χ3n) is 5.02. The van der Waals surface area contributed by atoms with Crippen molar-refractivity contribution in [1.82, 2.24) is 15.2 Å². The number of nitrogens with one attached hydrogen (secondary N) is 1. The Kier molecular flexibility index (Phi) is 4.58. The number of anilines is 1. The smallest absolute Gasteiger partial charge is 0.328 e. The topological polar surface area (TPSA) is 82.6 Å². The highest BCUT2D eigenvalue weighted by molar-refractivity contribution is 6.09. The van der Waals surface area contributed by atoms with Crippen molar-refractivity contribution in [3.63, 3.8) is 0 Å². The quantitative estimate of drug-likeness (QED) is 0.907. The molecule has 2 aliphatic heterocycles.